The van der Waals surface area contributed by atoms with Gasteiger partial charge < -0.3 is 10.2 Å². The Balaban J connectivity index is 1.22. The lowest BCUT2D eigenvalue weighted by Crippen LogP contribution is -2.47. The molecule has 0 bridgehead atoms. The Labute approximate surface area is 191 Å². The van der Waals surface area contributed by atoms with E-state index >= 15 is 0 Å². The van der Waals surface area contributed by atoms with E-state index in [9.17, 15) is 9.59 Å². The van der Waals surface area contributed by atoms with Crippen LogP contribution in [0, 0.1) is 0 Å². The van der Waals surface area contributed by atoms with Gasteiger partial charge in [-0.3, -0.25) is 14.6 Å². The highest BCUT2D eigenvalue weighted by molar-refractivity contribution is 5.79. The predicted molar refractivity (Wildman–Crippen MR) is 126 cm³/mol. The van der Waals surface area contributed by atoms with Gasteiger partial charge in [-0.2, -0.15) is 0 Å². The first-order chi connectivity index (χ1) is 15.7. The molecule has 4 rings (SSSR count). The number of piperidine rings is 1. The molecule has 2 amide bonds. The van der Waals surface area contributed by atoms with Gasteiger partial charge in [-0.1, -0.05) is 49.6 Å². The minimum atomic E-state index is 0.106. The van der Waals surface area contributed by atoms with Gasteiger partial charge in [0.1, 0.15) is 0 Å². The molecule has 2 aromatic rings. The van der Waals surface area contributed by atoms with Crippen LogP contribution in [-0.2, 0) is 22.4 Å². The summed E-state index contributed by atoms with van der Waals surface area (Å²) < 4.78 is 0. The normalized spacial score (nSPS) is 17.8. The van der Waals surface area contributed by atoms with Gasteiger partial charge in [0.05, 0.1) is 6.42 Å². The van der Waals surface area contributed by atoms with Crippen molar-refractivity contribution < 1.29 is 9.59 Å². The van der Waals surface area contributed by atoms with Crippen LogP contribution in [-0.4, -0.2) is 40.8 Å². The van der Waals surface area contributed by atoms with E-state index < -0.39 is 0 Å². The molecule has 1 aliphatic carbocycles. The Hall–Kier alpha value is -2.69. The molecule has 170 valence electrons. The summed E-state index contributed by atoms with van der Waals surface area (Å²) in [6.45, 7) is 1.44. The molecular weight excluding hydrogens is 398 g/mol. The Morgan fingerprint density at radius 2 is 1.75 bits per heavy atom. The third-order valence-corrected chi connectivity index (χ3v) is 7.01. The third kappa shape index (κ3) is 6.18. The maximum absolute atomic E-state index is 12.8. The molecule has 0 spiro atoms. The minimum absolute atomic E-state index is 0.106. The number of pyridine rings is 1. The molecule has 0 radical (unpaired) electrons. The van der Waals surface area contributed by atoms with E-state index in [0.717, 1.165) is 37.9 Å². The molecular formula is C27H35N3O2. The molecule has 1 saturated heterocycles. The molecule has 5 nitrogen and oxygen atoms in total. The molecule has 2 aliphatic rings. The number of aromatic nitrogens is 1. The van der Waals surface area contributed by atoms with Crippen LogP contribution in [0.1, 0.15) is 74.0 Å². The van der Waals surface area contributed by atoms with Crippen LogP contribution in [0.4, 0.5) is 0 Å². The van der Waals surface area contributed by atoms with E-state index in [0.29, 0.717) is 18.8 Å². The Kier molecular flexibility index (Phi) is 7.92. The van der Waals surface area contributed by atoms with Gasteiger partial charge in [0.15, 0.2) is 0 Å². The number of carbonyl (C=O) groups is 2. The lowest BCUT2D eigenvalue weighted by molar-refractivity contribution is -0.132. The van der Waals surface area contributed by atoms with Crippen LogP contribution < -0.4 is 5.32 Å². The molecule has 1 aromatic carbocycles. The molecule has 32 heavy (non-hydrogen) atoms. The summed E-state index contributed by atoms with van der Waals surface area (Å²) >= 11 is 0. The van der Waals surface area contributed by atoms with Crippen LogP contribution >= 0.6 is 0 Å². The van der Waals surface area contributed by atoms with Crippen LogP contribution in [0.5, 0.6) is 0 Å². The zero-order valence-corrected chi connectivity index (χ0v) is 19.0. The quantitative estimate of drug-likeness (QED) is 0.703. The van der Waals surface area contributed by atoms with Crippen molar-refractivity contribution in [2.45, 2.75) is 76.2 Å². The number of nitrogens with one attached hydrogen (secondary N) is 1. The number of hydrogen-bond acceptors (Lipinski definition) is 3. The molecule has 0 atom stereocenters. The highest BCUT2D eigenvalue weighted by Crippen LogP contribution is 2.34. The van der Waals surface area contributed by atoms with Crippen molar-refractivity contribution in [1.29, 1.82) is 0 Å². The van der Waals surface area contributed by atoms with Gasteiger partial charge in [0.25, 0.3) is 0 Å². The number of hydrogen-bond donors (Lipinski definition) is 1. The van der Waals surface area contributed by atoms with Crippen molar-refractivity contribution in [2.75, 3.05) is 13.1 Å². The first kappa shape index (κ1) is 22.5. The largest absolute Gasteiger partial charge is 0.353 e. The van der Waals surface area contributed by atoms with E-state index in [1.807, 2.05) is 29.3 Å². The van der Waals surface area contributed by atoms with Crippen LogP contribution in [0.15, 0.2) is 48.8 Å². The van der Waals surface area contributed by atoms with Crippen molar-refractivity contribution >= 4 is 11.8 Å². The van der Waals surface area contributed by atoms with Gasteiger partial charge in [0.2, 0.25) is 11.8 Å². The molecule has 1 N–H and O–H groups in total. The predicted octanol–water partition coefficient (Wildman–Crippen LogP) is 4.41. The smallest absolute Gasteiger partial charge is 0.224 e. The first-order valence-electron chi connectivity index (χ1n) is 12.2. The number of rotatable bonds is 7. The maximum atomic E-state index is 12.8. The summed E-state index contributed by atoms with van der Waals surface area (Å²) in [4.78, 5) is 31.4. The third-order valence-electron chi connectivity index (χ3n) is 7.01. The Morgan fingerprint density at radius 3 is 2.50 bits per heavy atom. The molecule has 2 fully saturated rings. The van der Waals surface area contributed by atoms with Crippen LogP contribution in [0.3, 0.4) is 0 Å². The zero-order chi connectivity index (χ0) is 22.2. The van der Waals surface area contributed by atoms with E-state index in [-0.39, 0.29) is 17.9 Å². The monoisotopic (exact) mass is 433 g/mol. The van der Waals surface area contributed by atoms with Crippen molar-refractivity contribution in [2.24, 2.45) is 0 Å². The second-order valence-electron chi connectivity index (χ2n) is 9.29. The number of carbonyl (C=O) groups excluding carboxylic acids is 2. The highest BCUT2D eigenvalue weighted by Gasteiger charge is 2.24. The molecule has 2 heterocycles. The summed E-state index contributed by atoms with van der Waals surface area (Å²) in [5, 5.41) is 3.23. The fourth-order valence-electron chi connectivity index (χ4n) is 5.19. The average Bonchev–Trinajstić information content (AvgIpc) is 2.84. The second-order valence-corrected chi connectivity index (χ2v) is 9.29. The fourth-order valence-corrected chi connectivity index (χ4v) is 5.19. The lowest BCUT2D eigenvalue weighted by atomic mass is 9.81. The van der Waals surface area contributed by atoms with Crippen molar-refractivity contribution in [3.8, 4) is 0 Å². The van der Waals surface area contributed by atoms with E-state index in [2.05, 4.69) is 28.5 Å². The Bertz CT molecular complexity index is 885. The summed E-state index contributed by atoms with van der Waals surface area (Å²) in [6.07, 6.45) is 13.3. The summed E-state index contributed by atoms with van der Waals surface area (Å²) in [5.74, 6) is 0.906. The van der Waals surface area contributed by atoms with E-state index in [4.69, 9.17) is 0 Å². The highest BCUT2D eigenvalue weighted by atomic mass is 16.2. The number of nitrogens with zero attached hydrogens (tertiary/aromatic N) is 2. The van der Waals surface area contributed by atoms with Gasteiger partial charge in [-0.05, 0) is 60.8 Å². The molecule has 1 aliphatic heterocycles. The number of aryl methyl sites for hydroxylation is 1. The maximum Gasteiger partial charge on any atom is 0.224 e. The fraction of sp³-hybridized carbons (Fsp3) is 0.519. The van der Waals surface area contributed by atoms with Crippen LogP contribution in [0.25, 0.3) is 0 Å². The topological polar surface area (TPSA) is 62.3 Å². The van der Waals surface area contributed by atoms with Gasteiger partial charge in [0, 0.05) is 37.9 Å². The molecule has 1 aromatic heterocycles. The number of likely N-dealkylation sites (tertiary alicyclic amines) is 1. The van der Waals surface area contributed by atoms with Crippen LogP contribution in [0.2, 0.25) is 0 Å². The van der Waals surface area contributed by atoms with Gasteiger partial charge in [-0.25, -0.2) is 0 Å². The Morgan fingerprint density at radius 1 is 0.969 bits per heavy atom. The standard InChI is InChI=1S/C27H35N3O2/c31-26(19-23-10-4-5-11-25(23)22-8-2-1-3-9-22)29-24-14-17-30(18-15-24)27(32)13-12-21-7-6-16-28-20-21/h4-7,10-11,16,20,22,24H,1-3,8-9,12-15,17-19H2,(H,29,31). The van der Waals surface area contributed by atoms with E-state index in [1.54, 1.807) is 6.20 Å². The lowest BCUT2D eigenvalue weighted by Gasteiger charge is -2.32. The van der Waals surface area contributed by atoms with Gasteiger partial charge in [-0.15, -0.1) is 0 Å². The van der Waals surface area contributed by atoms with Crippen molar-refractivity contribution in [3.63, 3.8) is 0 Å². The molecule has 0 unspecified atom stereocenters. The van der Waals surface area contributed by atoms with Crippen molar-refractivity contribution in [3.05, 3.63) is 65.5 Å². The van der Waals surface area contributed by atoms with Crippen molar-refractivity contribution in [1.82, 2.24) is 15.2 Å². The first-order valence-corrected chi connectivity index (χ1v) is 12.2. The number of benzene rings is 1. The number of amides is 2. The average molecular weight is 434 g/mol. The second kappa shape index (κ2) is 11.3. The van der Waals surface area contributed by atoms with Gasteiger partial charge >= 0.3 is 0 Å². The minimum Gasteiger partial charge on any atom is -0.353 e. The summed E-state index contributed by atoms with van der Waals surface area (Å²) in [6, 6.07) is 12.6. The zero-order valence-electron chi connectivity index (χ0n) is 19.0. The van der Waals surface area contributed by atoms with E-state index in [1.165, 1.54) is 43.2 Å². The summed E-state index contributed by atoms with van der Waals surface area (Å²) in [7, 11) is 0. The molecule has 5 heteroatoms. The summed E-state index contributed by atoms with van der Waals surface area (Å²) in [5.41, 5.74) is 3.65. The SMILES string of the molecule is O=C(Cc1ccccc1C1CCCCC1)NC1CCN(C(=O)CCc2cccnc2)CC1. The molecule has 1 saturated carbocycles.